The Hall–Kier alpha value is -2.33. The Kier molecular flexibility index (Phi) is 5.17. The highest BCUT2D eigenvalue weighted by atomic mass is 35.5. The Morgan fingerprint density at radius 2 is 1.86 bits per heavy atom. The van der Waals surface area contributed by atoms with Gasteiger partial charge in [-0.25, -0.2) is 0 Å². The van der Waals surface area contributed by atoms with E-state index in [-0.39, 0.29) is 5.91 Å². The normalized spacial score (nSPS) is 11.7. The van der Waals surface area contributed by atoms with Crippen LogP contribution in [0.25, 0.3) is 0 Å². The average Bonchev–Trinajstić information content (AvgIpc) is 2.50. The predicted octanol–water partition coefficient (Wildman–Crippen LogP) is 2.47. The minimum Gasteiger partial charge on any atom is -0.368 e. The van der Waals surface area contributed by atoms with Gasteiger partial charge in [-0.05, 0) is 30.2 Å². The number of carbonyl (C=O) groups is 2. The van der Waals surface area contributed by atoms with Crippen molar-refractivity contribution in [1.29, 1.82) is 0 Å². The van der Waals surface area contributed by atoms with Gasteiger partial charge in [0.25, 0.3) is 5.91 Å². The minimum absolute atomic E-state index is 0.349. The number of hydrogen-bond acceptors (Lipinski definition) is 2. The molecule has 22 heavy (non-hydrogen) atoms. The molecule has 5 heteroatoms. The van der Waals surface area contributed by atoms with Gasteiger partial charge in [0.1, 0.15) is 6.04 Å². The van der Waals surface area contributed by atoms with E-state index in [9.17, 15) is 9.59 Å². The van der Waals surface area contributed by atoms with Gasteiger partial charge in [0.15, 0.2) is 0 Å². The Morgan fingerprint density at radius 1 is 1.18 bits per heavy atom. The summed E-state index contributed by atoms with van der Waals surface area (Å²) in [6.07, 6.45) is 0.349. The molecule has 0 radical (unpaired) electrons. The summed E-state index contributed by atoms with van der Waals surface area (Å²) in [7, 11) is 0. The Morgan fingerprint density at radius 3 is 2.45 bits per heavy atom. The van der Waals surface area contributed by atoms with Crippen molar-refractivity contribution in [3.63, 3.8) is 0 Å². The Labute approximate surface area is 134 Å². The molecule has 2 amide bonds. The lowest BCUT2D eigenvalue weighted by Gasteiger charge is -2.16. The van der Waals surface area contributed by atoms with Gasteiger partial charge < -0.3 is 11.1 Å². The number of nitrogens with two attached hydrogens (primary N) is 1. The van der Waals surface area contributed by atoms with Crippen LogP contribution in [0.3, 0.4) is 0 Å². The van der Waals surface area contributed by atoms with E-state index in [0.717, 1.165) is 11.1 Å². The molecule has 0 aliphatic carbocycles. The van der Waals surface area contributed by atoms with Crippen molar-refractivity contribution in [2.45, 2.75) is 19.4 Å². The lowest BCUT2D eigenvalue weighted by molar-refractivity contribution is -0.119. The third kappa shape index (κ3) is 4.09. The zero-order valence-electron chi connectivity index (χ0n) is 12.2. The number of amides is 2. The van der Waals surface area contributed by atoms with Crippen LogP contribution in [0, 0.1) is 6.92 Å². The molecule has 0 fully saturated rings. The summed E-state index contributed by atoms with van der Waals surface area (Å²) in [5.74, 6) is -0.947. The van der Waals surface area contributed by atoms with Crippen LogP contribution in [-0.4, -0.2) is 17.9 Å². The molecule has 0 bridgehead atoms. The van der Waals surface area contributed by atoms with Crippen LogP contribution in [0.4, 0.5) is 0 Å². The van der Waals surface area contributed by atoms with E-state index in [4.69, 9.17) is 17.3 Å². The first-order valence-corrected chi connectivity index (χ1v) is 7.25. The second-order valence-corrected chi connectivity index (χ2v) is 5.49. The number of aryl methyl sites for hydroxylation is 1. The maximum absolute atomic E-state index is 12.2. The molecular formula is C17H17ClN2O2. The lowest BCUT2D eigenvalue weighted by Crippen LogP contribution is -2.45. The summed E-state index contributed by atoms with van der Waals surface area (Å²) in [6, 6.07) is 13.6. The van der Waals surface area contributed by atoms with Gasteiger partial charge in [-0.2, -0.15) is 0 Å². The topological polar surface area (TPSA) is 72.2 Å². The molecule has 2 rings (SSSR count). The van der Waals surface area contributed by atoms with Crippen molar-refractivity contribution < 1.29 is 9.59 Å². The number of nitrogens with one attached hydrogen (secondary N) is 1. The van der Waals surface area contributed by atoms with Crippen LogP contribution in [0.15, 0.2) is 48.5 Å². The van der Waals surface area contributed by atoms with Crippen LogP contribution >= 0.6 is 11.6 Å². The molecule has 0 aliphatic heterocycles. The molecule has 0 heterocycles. The van der Waals surface area contributed by atoms with Gasteiger partial charge in [0.2, 0.25) is 5.91 Å². The van der Waals surface area contributed by atoms with E-state index in [1.807, 2.05) is 37.3 Å². The van der Waals surface area contributed by atoms with Crippen molar-refractivity contribution in [2.75, 3.05) is 0 Å². The van der Waals surface area contributed by atoms with Gasteiger partial charge in [0, 0.05) is 17.0 Å². The van der Waals surface area contributed by atoms with Gasteiger partial charge in [0.05, 0.1) is 0 Å². The van der Waals surface area contributed by atoms with E-state index in [1.54, 1.807) is 18.2 Å². The second-order valence-electron chi connectivity index (χ2n) is 5.08. The quantitative estimate of drug-likeness (QED) is 0.889. The van der Waals surface area contributed by atoms with Gasteiger partial charge in [-0.3, -0.25) is 9.59 Å². The maximum Gasteiger partial charge on any atom is 0.251 e. The van der Waals surface area contributed by atoms with E-state index in [2.05, 4.69) is 5.32 Å². The minimum atomic E-state index is -0.769. The number of benzene rings is 2. The molecule has 1 atom stereocenters. The fraction of sp³-hybridized carbons (Fsp3) is 0.176. The zero-order chi connectivity index (χ0) is 16.1. The Bertz CT molecular complexity index is 686. The summed E-state index contributed by atoms with van der Waals surface area (Å²) in [6.45, 7) is 1.85. The third-order valence-corrected chi connectivity index (χ3v) is 3.77. The van der Waals surface area contributed by atoms with Crippen LogP contribution in [0.1, 0.15) is 21.5 Å². The van der Waals surface area contributed by atoms with E-state index >= 15 is 0 Å². The average molecular weight is 317 g/mol. The fourth-order valence-corrected chi connectivity index (χ4v) is 2.23. The van der Waals surface area contributed by atoms with Crippen molar-refractivity contribution in [3.05, 3.63) is 70.2 Å². The number of rotatable bonds is 5. The van der Waals surface area contributed by atoms with Crippen LogP contribution < -0.4 is 11.1 Å². The fourth-order valence-electron chi connectivity index (χ4n) is 2.05. The van der Waals surface area contributed by atoms with Crippen molar-refractivity contribution in [1.82, 2.24) is 5.32 Å². The van der Waals surface area contributed by atoms with E-state index < -0.39 is 11.9 Å². The third-order valence-electron chi connectivity index (χ3n) is 3.37. The molecular weight excluding hydrogens is 300 g/mol. The number of carbonyl (C=O) groups excluding carboxylic acids is 2. The molecule has 2 aromatic carbocycles. The van der Waals surface area contributed by atoms with E-state index in [0.29, 0.717) is 17.0 Å². The summed E-state index contributed by atoms with van der Waals surface area (Å²) >= 11 is 6.02. The SMILES string of the molecule is Cc1ccc(C(=O)NC(Cc2ccccc2)C(N)=O)cc1Cl. The highest BCUT2D eigenvalue weighted by molar-refractivity contribution is 6.31. The molecule has 0 aromatic heterocycles. The lowest BCUT2D eigenvalue weighted by atomic mass is 10.0. The standard InChI is InChI=1S/C17H17ClN2O2/c1-11-7-8-13(10-14(11)18)17(22)20-15(16(19)21)9-12-5-3-2-4-6-12/h2-8,10,15H,9H2,1H3,(H2,19,21)(H,20,22). The number of halogens is 1. The molecule has 1 unspecified atom stereocenters. The second kappa shape index (κ2) is 7.09. The molecule has 0 saturated carbocycles. The van der Waals surface area contributed by atoms with Crippen LogP contribution in [0.2, 0.25) is 5.02 Å². The van der Waals surface area contributed by atoms with Gasteiger partial charge in [-0.15, -0.1) is 0 Å². The highest BCUT2D eigenvalue weighted by Crippen LogP contribution is 2.16. The predicted molar refractivity (Wildman–Crippen MR) is 86.8 cm³/mol. The van der Waals surface area contributed by atoms with Crippen molar-refractivity contribution >= 4 is 23.4 Å². The molecule has 114 valence electrons. The van der Waals surface area contributed by atoms with Crippen molar-refractivity contribution in [2.24, 2.45) is 5.73 Å². The monoisotopic (exact) mass is 316 g/mol. The van der Waals surface area contributed by atoms with Crippen LogP contribution in [-0.2, 0) is 11.2 Å². The van der Waals surface area contributed by atoms with Gasteiger partial charge in [-0.1, -0.05) is 48.0 Å². The first-order chi connectivity index (χ1) is 10.5. The highest BCUT2D eigenvalue weighted by Gasteiger charge is 2.19. The van der Waals surface area contributed by atoms with Crippen LogP contribution in [0.5, 0.6) is 0 Å². The Balaban J connectivity index is 2.12. The molecule has 0 aliphatic rings. The zero-order valence-corrected chi connectivity index (χ0v) is 12.9. The van der Waals surface area contributed by atoms with E-state index in [1.165, 1.54) is 0 Å². The number of hydrogen-bond donors (Lipinski definition) is 2. The first-order valence-electron chi connectivity index (χ1n) is 6.87. The molecule has 3 N–H and O–H groups in total. The molecule has 4 nitrogen and oxygen atoms in total. The first kappa shape index (κ1) is 16.0. The maximum atomic E-state index is 12.2. The smallest absolute Gasteiger partial charge is 0.251 e. The summed E-state index contributed by atoms with van der Waals surface area (Å²) in [5.41, 5.74) is 7.59. The summed E-state index contributed by atoms with van der Waals surface area (Å²) in [4.78, 5) is 23.8. The molecule has 2 aromatic rings. The largest absolute Gasteiger partial charge is 0.368 e. The molecule has 0 spiro atoms. The van der Waals surface area contributed by atoms with Gasteiger partial charge >= 0.3 is 0 Å². The summed E-state index contributed by atoms with van der Waals surface area (Å²) < 4.78 is 0. The number of primary amides is 1. The molecule has 0 saturated heterocycles. The summed E-state index contributed by atoms with van der Waals surface area (Å²) in [5, 5.41) is 3.16. The van der Waals surface area contributed by atoms with Crippen molar-refractivity contribution in [3.8, 4) is 0 Å².